The van der Waals surface area contributed by atoms with Crippen molar-refractivity contribution < 1.29 is 19.1 Å². The van der Waals surface area contributed by atoms with E-state index in [1.165, 1.54) is 26.0 Å². The molecule has 0 aliphatic carbocycles. The number of aliphatic carboxylic acids is 1. The number of rotatable bonds is 4. The molecule has 0 atom stereocenters. The highest BCUT2D eigenvalue weighted by Crippen LogP contribution is 2.22. The molecular formula is C13H16ClFN2O3. The maximum absolute atomic E-state index is 13.5. The van der Waals surface area contributed by atoms with E-state index in [0.717, 1.165) is 11.0 Å². The Morgan fingerprint density at radius 2 is 2.05 bits per heavy atom. The second kappa shape index (κ2) is 6.09. The third-order valence-electron chi connectivity index (χ3n) is 2.93. The van der Waals surface area contributed by atoms with Crippen molar-refractivity contribution in [1.82, 2.24) is 4.90 Å². The zero-order valence-electron chi connectivity index (χ0n) is 11.4. The Morgan fingerprint density at radius 1 is 1.45 bits per heavy atom. The molecule has 0 heterocycles. The first kappa shape index (κ1) is 16.2. The topological polar surface area (TPSA) is 69.6 Å². The van der Waals surface area contributed by atoms with Crippen molar-refractivity contribution in [2.75, 3.05) is 11.9 Å². The van der Waals surface area contributed by atoms with Crippen LogP contribution in [0.5, 0.6) is 0 Å². The molecule has 0 saturated heterocycles. The van der Waals surface area contributed by atoms with Gasteiger partial charge in [-0.05, 0) is 39.0 Å². The van der Waals surface area contributed by atoms with Crippen molar-refractivity contribution in [1.29, 1.82) is 0 Å². The van der Waals surface area contributed by atoms with Gasteiger partial charge in [0.05, 0.1) is 5.69 Å². The molecule has 0 aliphatic heterocycles. The number of nitrogens with zero attached hydrogens (tertiary/aromatic N) is 1. The summed E-state index contributed by atoms with van der Waals surface area (Å²) in [6, 6.07) is 3.03. The number of carboxylic acid groups (broad SMARTS) is 1. The molecule has 0 aliphatic rings. The Labute approximate surface area is 121 Å². The van der Waals surface area contributed by atoms with Crippen LogP contribution in [0.3, 0.4) is 0 Å². The minimum atomic E-state index is -1.41. The van der Waals surface area contributed by atoms with Crippen LogP contribution < -0.4 is 5.32 Å². The smallest absolute Gasteiger partial charge is 0.329 e. The maximum Gasteiger partial charge on any atom is 0.329 e. The predicted octanol–water partition coefficient (Wildman–Crippen LogP) is 3.20. The van der Waals surface area contributed by atoms with Gasteiger partial charge in [-0.15, -0.1) is 0 Å². The van der Waals surface area contributed by atoms with Crippen molar-refractivity contribution in [3.8, 4) is 0 Å². The first-order chi connectivity index (χ1) is 9.20. The number of carbonyl (C=O) groups is 2. The second-order valence-corrected chi connectivity index (χ2v) is 5.10. The summed E-state index contributed by atoms with van der Waals surface area (Å²) in [5.41, 5.74) is -1.50. The molecule has 5 nitrogen and oxygen atoms in total. The normalized spacial score (nSPS) is 11.1. The van der Waals surface area contributed by atoms with Gasteiger partial charge in [0, 0.05) is 11.6 Å². The highest BCUT2D eigenvalue weighted by atomic mass is 35.5. The number of carbonyl (C=O) groups excluding carboxylic acids is 1. The van der Waals surface area contributed by atoms with Crippen LogP contribution in [-0.4, -0.2) is 34.1 Å². The van der Waals surface area contributed by atoms with Crippen molar-refractivity contribution in [3.05, 3.63) is 29.0 Å². The molecule has 1 aromatic rings. The lowest BCUT2D eigenvalue weighted by Crippen LogP contribution is -2.54. The lowest BCUT2D eigenvalue weighted by molar-refractivity contribution is -0.147. The summed E-state index contributed by atoms with van der Waals surface area (Å²) in [6.07, 6.45) is 0. The Hall–Kier alpha value is -1.82. The molecule has 0 aromatic heterocycles. The lowest BCUT2D eigenvalue weighted by atomic mass is 10.0. The van der Waals surface area contributed by atoms with Gasteiger partial charge in [-0.25, -0.2) is 14.0 Å². The highest BCUT2D eigenvalue weighted by Gasteiger charge is 2.37. The number of likely N-dealkylation sites (N-methyl/N-ethyl adjacent to an activating group) is 1. The number of hydrogen-bond acceptors (Lipinski definition) is 2. The first-order valence-corrected chi connectivity index (χ1v) is 6.35. The van der Waals surface area contributed by atoms with Gasteiger partial charge in [-0.2, -0.15) is 0 Å². The molecule has 0 bridgehead atoms. The van der Waals surface area contributed by atoms with Gasteiger partial charge in [0.2, 0.25) is 0 Å². The molecule has 0 fully saturated rings. The zero-order valence-corrected chi connectivity index (χ0v) is 12.2. The Balaban J connectivity index is 2.99. The van der Waals surface area contributed by atoms with Gasteiger partial charge in [-0.3, -0.25) is 0 Å². The monoisotopic (exact) mass is 302 g/mol. The Morgan fingerprint density at radius 3 is 2.55 bits per heavy atom. The quantitative estimate of drug-likeness (QED) is 0.897. The molecule has 0 saturated carbocycles. The average Bonchev–Trinajstić information content (AvgIpc) is 2.34. The van der Waals surface area contributed by atoms with Crippen LogP contribution in [0.4, 0.5) is 14.9 Å². The van der Waals surface area contributed by atoms with Gasteiger partial charge < -0.3 is 15.3 Å². The number of nitrogens with one attached hydrogen (secondary N) is 1. The molecule has 2 N–H and O–H groups in total. The zero-order chi connectivity index (χ0) is 15.5. The molecule has 0 unspecified atom stereocenters. The van der Waals surface area contributed by atoms with Crippen LogP contribution in [0.15, 0.2) is 18.2 Å². The van der Waals surface area contributed by atoms with Crippen LogP contribution in [0.2, 0.25) is 5.02 Å². The van der Waals surface area contributed by atoms with Crippen LogP contribution in [0.1, 0.15) is 20.8 Å². The van der Waals surface area contributed by atoms with E-state index in [2.05, 4.69) is 5.32 Å². The molecule has 2 amide bonds. The summed E-state index contributed by atoms with van der Waals surface area (Å²) in [5.74, 6) is -1.80. The largest absolute Gasteiger partial charge is 0.480 e. The predicted molar refractivity (Wildman–Crippen MR) is 74.5 cm³/mol. The average molecular weight is 303 g/mol. The highest BCUT2D eigenvalue weighted by molar-refractivity contribution is 6.30. The van der Waals surface area contributed by atoms with Crippen LogP contribution in [0.25, 0.3) is 0 Å². The molecule has 1 rings (SSSR count). The number of halogens is 2. The summed E-state index contributed by atoms with van der Waals surface area (Å²) in [5, 5.41) is 11.7. The van der Waals surface area contributed by atoms with E-state index in [1.54, 1.807) is 6.92 Å². The molecule has 0 spiro atoms. The van der Waals surface area contributed by atoms with Gasteiger partial charge in [0.15, 0.2) is 0 Å². The fraction of sp³-hybridized carbons (Fsp3) is 0.385. The number of amides is 2. The maximum atomic E-state index is 13.5. The fourth-order valence-electron chi connectivity index (χ4n) is 1.68. The fourth-order valence-corrected chi connectivity index (χ4v) is 1.86. The third kappa shape index (κ3) is 3.39. The molecule has 7 heteroatoms. The number of urea groups is 1. The minimum absolute atomic E-state index is 0.0952. The number of benzene rings is 1. The standard InChI is InChI=1S/C13H16ClFN2O3/c1-4-17(13(2,3)11(18)19)12(20)16-10-7-8(14)5-6-9(10)15/h5-7H,4H2,1-3H3,(H,16,20)(H,18,19). The summed E-state index contributed by atoms with van der Waals surface area (Å²) in [4.78, 5) is 24.4. The molecule has 0 radical (unpaired) electrons. The third-order valence-corrected chi connectivity index (χ3v) is 3.16. The van der Waals surface area contributed by atoms with Crippen molar-refractivity contribution in [3.63, 3.8) is 0 Å². The van der Waals surface area contributed by atoms with Crippen molar-refractivity contribution >= 4 is 29.3 Å². The van der Waals surface area contributed by atoms with Crippen molar-refractivity contribution in [2.45, 2.75) is 26.3 Å². The summed E-state index contributed by atoms with van der Waals surface area (Å²) in [6.45, 7) is 4.59. The summed E-state index contributed by atoms with van der Waals surface area (Å²) in [7, 11) is 0. The molecule has 1 aromatic carbocycles. The number of carboxylic acids is 1. The van der Waals surface area contributed by atoms with E-state index in [9.17, 15) is 14.0 Å². The summed E-state index contributed by atoms with van der Waals surface area (Å²) < 4.78 is 13.5. The molecular weight excluding hydrogens is 287 g/mol. The molecule has 20 heavy (non-hydrogen) atoms. The number of anilines is 1. The Bertz CT molecular complexity index is 534. The van der Waals surface area contributed by atoms with Gasteiger partial charge in [-0.1, -0.05) is 11.6 Å². The van der Waals surface area contributed by atoms with Crippen LogP contribution >= 0.6 is 11.6 Å². The van der Waals surface area contributed by atoms with Crippen LogP contribution in [-0.2, 0) is 4.79 Å². The van der Waals surface area contributed by atoms with E-state index in [0.29, 0.717) is 0 Å². The van der Waals surface area contributed by atoms with E-state index in [4.69, 9.17) is 16.7 Å². The van der Waals surface area contributed by atoms with E-state index in [-0.39, 0.29) is 17.3 Å². The SMILES string of the molecule is CCN(C(=O)Nc1cc(Cl)ccc1F)C(C)(C)C(=O)O. The van der Waals surface area contributed by atoms with E-state index in [1.807, 2.05) is 0 Å². The van der Waals surface area contributed by atoms with Crippen LogP contribution in [0, 0.1) is 5.82 Å². The van der Waals surface area contributed by atoms with Gasteiger partial charge in [0.1, 0.15) is 11.4 Å². The minimum Gasteiger partial charge on any atom is -0.480 e. The summed E-state index contributed by atoms with van der Waals surface area (Å²) >= 11 is 5.73. The lowest BCUT2D eigenvalue weighted by Gasteiger charge is -2.34. The van der Waals surface area contributed by atoms with E-state index < -0.39 is 23.4 Å². The first-order valence-electron chi connectivity index (χ1n) is 5.97. The number of hydrogen-bond donors (Lipinski definition) is 2. The Kier molecular flexibility index (Phi) is 4.94. The second-order valence-electron chi connectivity index (χ2n) is 4.66. The van der Waals surface area contributed by atoms with Crippen molar-refractivity contribution in [2.24, 2.45) is 0 Å². The molecule has 110 valence electrons. The van der Waals surface area contributed by atoms with Gasteiger partial charge in [0.25, 0.3) is 0 Å². The van der Waals surface area contributed by atoms with Gasteiger partial charge >= 0.3 is 12.0 Å². The van der Waals surface area contributed by atoms with E-state index >= 15 is 0 Å².